The largest absolute Gasteiger partial charge is 0.353 e. The highest BCUT2D eigenvalue weighted by Crippen LogP contribution is 2.38. The fraction of sp³-hybridized carbons (Fsp3) is 0.192. The molecule has 1 atom stereocenters. The molecule has 0 unspecified atom stereocenters. The molecular weight excluding hydrogens is 418 g/mol. The van der Waals surface area contributed by atoms with E-state index >= 15 is 0 Å². The van der Waals surface area contributed by atoms with Gasteiger partial charge in [0.25, 0.3) is 0 Å². The molecular formula is C26H23N3O2S. The summed E-state index contributed by atoms with van der Waals surface area (Å²) in [6.07, 6.45) is 2.62. The van der Waals surface area contributed by atoms with Gasteiger partial charge >= 0.3 is 5.69 Å². The molecule has 0 radical (unpaired) electrons. The van der Waals surface area contributed by atoms with E-state index in [9.17, 15) is 9.59 Å². The van der Waals surface area contributed by atoms with Crippen LogP contribution in [0.4, 0.5) is 0 Å². The molecule has 3 aromatic carbocycles. The number of hydrogen-bond acceptors (Lipinski definition) is 5. The van der Waals surface area contributed by atoms with Crippen molar-refractivity contribution >= 4 is 28.3 Å². The fourth-order valence-corrected chi connectivity index (χ4v) is 5.50. The molecule has 0 fully saturated rings. The van der Waals surface area contributed by atoms with Gasteiger partial charge in [-0.15, -0.1) is 0 Å². The molecule has 1 aliphatic carbocycles. The minimum absolute atomic E-state index is 0.0299. The number of hydrogen-bond donors (Lipinski definition) is 1. The van der Waals surface area contributed by atoms with Crippen molar-refractivity contribution in [2.75, 3.05) is 0 Å². The predicted molar refractivity (Wildman–Crippen MR) is 129 cm³/mol. The van der Waals surface area contributed by atoms with E-state index in [-0.39, 0.29) is 16.8 Å². The first-order chi connectivity index (χ1) is 15.5. The van der Waals surface area contributed by atoms with Gasteiger partial charge in [0.1, 0.15) is 5.03 Å². The molecule has 1 heterocycles. The summed E-state index contributed by atoms with van der Waals surface area (Å²) in [5.74, 6) is -0.0299. The third-order valence-electron chi connectivity index (χ3n) is 5.98. The molecule has 6 heteroatoms. The lowest BCUT2D eigenvalue weighted by atomic mass is 10.0. The Morgan fingerprint density at radius 3 is 2.69 bits per heavy atom. The Hall–Kier alpha value is -3.22. The van der Waals surface area contributed by atoms with Crippen molar-refractivity contribution in [1.29, 1.82) is 0 Å². The van der Waals surface area contributed by atoms with E-state index in [4.69, 9.17) is 5.73 Å². The summed E-state index contributed by atoms with van der Waals surface area (Å²) in [5, 5.41) is 2.62. The molecule has 1 aliphatic rings. The number of Topliss-reactive ketones (excluding diaryl/α,β-unsaturated/α-hetero) is 1. The lowest BCUT2D eigenvalue weighted by molar-refractivity contribution is 0.101. The number of thioether (sulfide) groups is 1. The molecule has 0 bridgehead atoms. The number of carbonyl (C=O) groups is 1. The van der Waals surface area contributed by atoms with Gasteiger partial charge in [-0.2, -0.15) is 4.98 Å². The average Bonchev–Trinajstić information content (AvgIpc) is 3.28. The van der Waals surface area contributed by atoms with E-state index in [1.807, 2.05) is 30.3 Å². The predicted octanol–water partition coefficient (Wildman–Crippen LogP) is 4.83. The number of carbonyl (C=O) groups excluding carboxylic acids is 1. The standard InChI is InChI=1S/C26H23N3O2S/c1-16(30)18-9-4-10-19(15-18)29-23-14-6-13-22(23)25(28-26(29)31)32-24(27)21-12-5-8-17-7-2-3-11-20(17)21/h2-5,7-12,15,24H,6,13-14,27H2,1H3/t24-/m1/s1. The van der Waals surface area contributed by atoms with Crippen molar-refractivity contribution in [2.24, 2.45) is 5.73 Å². The Morgan fingerprint density at radius 1 is 1.06 bits per heavy atom. The third-order valence-corrected chi connectivity index (χ3v) is 7.05. The zero-order valence-corrected chi connectivity index (χ0v) is 18.6. The number of aromatic nitrogens is 2. The van der Waals surface area contributed by atoms with Gasteiger partial charge in [-0.1, -0.05) is 66.4 Å². The van der Waals surface area contributed by atoms with Crippen LogP contribution in [0.1, 0.15) is 45.9 Å². The summed E-state index contributed by atoms with van der Waals surface area (Å²) >= 11 is 1.44. The summed E-state index contributed by atoms with van der Waals surface area (Å²) in [6.45, 7) is 1.53. The molecule has 1 aromatic heterocycles. The first-order valence-corrected chi connectivity index (χ1v) is 11.6. The molecule has 2 N–H and O–H groups in total. The van der Waals surface area contributed by atoms with Crippen molar-refractivity contribution in [3.63, 3.8) is 0 Å². The number of nitrogens with two attached hydrogens (primary N) is 1. The van der Waals surface area contributed by atoms with Crippen molar-refractivity contribution in [3.8, 4) is 5.69 Å². The van der Waals surface area contributed by atoms with Crippen molar-refractivity contribution in [1.82, 2.24) is 9.55 Å². The summed E-state index contributed by atoms with van der Waals surface area (Å²) in [4.78, 5) is 29.4. The maximum atomic E-state index is 13.1. The normalized spacial score (nSPS) is 13.8. The maximum absolute atomic E-state index is 13.1. The minimum Gasteiger partial charge on any atom is -0.315 e. The summed E-state index contributed by atoms with van der Waals surface area (Å²) in [7, 11) is 0. The van der Waals surface area contributed by atoms with Crippen LogP contribution in [0.3, 0.4) is 0 Å². The fourth-order valence-electron chi connectivity index (χ4n) is 4.43. The van der Waals surface area contributed by atoms with Gasteiger partial charge in [0, 0.05) is 16.8 Å². The summed E-state index contributed by atoms with van der Waals surface area (Å²) in [6, 6.07) is 21.5. The van der Waals surface area contributed by atoms with Crippen LogP contribution in [0.15, 0.2) is 76.6 Å². The second-order valence-electron chi connectivity index (χ2n) is 8.03. The highest BCUT2D eigenvalue weighted by Gasteiger charge is 2.25. The first-order valence-electron chi connectivity index (χ1n) is 10.7. The Labute approximate surface area is 190 Å². The van der Waals surface area contributed by atoms with Crippen molar-refractivity contribution in [2.45, 2.75) is 36.6 Å². The first kappa shape index (κ1) is 20.7. The second kappa shape index (κ2) is 8.37. The second-order valence-corrected chi connectivity index (χ2v) is 9.16. The van der Waals surface area contributed by atoms with Crippen LogP contribution >= 0.6 is 11.8 Å². The number of nitrogens with zero attached hydrogens (tertiary/aromatic N) is 2. The van der Waals surface area contributed by atoms with Crippen LogP contribution in [0.25, 0.3) is 16.5 Å². The number of benzene rings is 3. The zero-order chi connectivity index (χ0) is 22.2. The molecule has 32 heavy (non-hydrogen) atoms. The molecule has 0 spiro atoms. The van der Waals surface area contributed by atoms with Crippen LogP contribution in [0.5, 0.6) is 0 Å². The van der Waals surface area contributed by atoms with Gasteiger partial charge in [0.05, 0.1) is 11.1 Å². The molecule has 0 saturated carbocycles. The van der Waals surface area contributed by atoms with Crippen LogP contribution < -0.4 is 11.4 Å². The van der Waals surface area contributed by atoms with E-state index < -0.39 is 0 Å². The maximum Gasteiger partial charge on any atom is 0.353 e. The SMILES string of the molecule is CC(=O)c1cccc(-n2c3c(c(S[C@@H](N)c4cccc5ccccc45)nc2=O)CCC3)c1. The molecule has 5 nitrogen and oxygen atoms in total. The lowest BCUT2D eigenvalue weighted by Crippen LogP contribution is -2.26. The molecule has 160 valence electrons. The van der Waals surface area contributed by atoms with Gasteiger partial charge in [0.15, 0.2) is 5.78 Å². The molecule has 0 saturated heterocycles. The number of ketones is 1. The molecule has 5 rings (SSSR count). The lowest BCUT2D eigenvalue weighted by Gasteiger charge is -2.18. The Bertz CT molecular complexity index is 1400. The van der Waals surface area contributed by atoms with E-state index in [2.05, 4.69) is 23.2 Å². The molecule has 0 amide bonds. The quantitative estimate of drug-likeness (QED) is 0.208. The van der Waals surface area contributed by atoms with Crippen molar-refractivity contribution in [3.05, 3.63) is 99.6 Å². The van der Waals surface area contributed by atoms with E-state index in [0.717, 1.165) is 46.9 Å². The van der Waals surface area contributed by atoms with Crippen LogP contribution in [-0.4, -0.2) is 15.3 Å². The van der Waals surface area contributed by atoms with Crippen LogP contribution in [-0.2, 0) is 12.8 Å². The Morgan fingerprint density at radius 2 is 1.84 bits per heavy atom. The Kier molecular flexibility index (Phi) is 5.41. The highest BCUT2D eigenvalue weighted by atomic mass is 32.2. The van der Waals surface area contributed by atoms with Gasteiger partial charge in [-0.3, -0.25) is 9.36 Å². The van der Waals surface area contributed by atoms with E-state index in [1.54, 1.807) is 22.8 Å². The van der Waals surface area contributed by atoms with Gasteiger partial charge < -0.3 is 5.73 Å². The molecule has 0 aliphatic heterocycles. The minimum atomic E-state index is -0.338. The van der Waals surface area contributed by atoms with E-state index in [1.165, 1.54) is 18.7 Å². The third kappa shape index (κ3) is 3.66. The van der Waals surface area contributed by atoms with Crippen LogP contribution in [0, 0.1) is 0 Å². The molecule has 4 aromatic rings. The Balaban J connectivity index is 1.56. The van der Waals surface area contributed by atoms with Gasteiger partial charge in [-0.25, -0.2) is 4.79 Å². The highest BCUT2D eigenvalue weighted by molar-refractivity contribution is 7.99. The van der Waals surface area contributed by atoms with E-state index in [0.29, 0.717) is 16.3 Å². The smallest absolute Gasteiger partial charge is 0.315 e. The van der Waals surface area contributed by atoms with Crippen molar-refractivity contribution < 1.29 is 4.79 Å². The average molecular weight is 442 g/mol. The monoisotopic (exact) mass is 441 g/mol. The zero-order valence-electron chi connectivity index (χ0n) is 17.7. The topological polar surface area (TPSA) is 78.0 Å². The van der Waals surface area contributed by atoms with Gasteiger partial charge in [0.2, 0.25) is 0 Å². The number of rotatable bonds is 5. The van der Waals surface area contributed by atoms with Gasteiger partial charge in [-0.05, 0) is 54.7 Å². The summed E-state index contributed by atoms with van der Waals surface area (Å²) in [5.41, 5.74) is 10.6. The summed E-state index contributed by atoms with van der Waals surface area (Å²) < 4.78 is 1.66. The number of fused-ring (bicyclic) bond motifs is 2. The van der Waals surface area contributed by atoms with Crippen LogP contribution in [0.2, 0.25) is 0 Å².